The van der Waals surface area contributed by atoms with Crippen molar-refractivity contribution in [2.24, 2.45) is 11.8 Å². The summed E-state index contributed by atoms with van der Waals surface area (Å²) in [5.41, 5.74) is -0.634. The lowest BCUT2D eigenvalue weighted by atomic mass is 9.91. The van der Waals surface area contributed by atoms with Crippen molar-refractivity contribution >= 4 is 21.9 Å². The van der Waals surface area contributed by atoms with Crippen LogP contribution in [0.4, 0.5) is 4.79 Å². The van der Waals surface area contributed by atoms with E-state index in [1.165, 1.54) is 7.11 Å². The molecule has 1 aliphatic heterocycles. The number of carbonyl (C=O) groups is 2. The molecule has 8 heteroatoms. The Morgan fingerprint density at radius 3 is 2.43 bits per heavy atom. The fourth-order valence-corrected chi connectivity index (χ4v) is 4.04. The summed E-state index contributed by atoms with van der Waals surface area (Å²) < 4.78 is 33.2. The zero-order chi connectivity index (χ0) is 16.3. The molecule has 0 spiro atoms. The molecule has 0 aromatic carbocycles. The summed E-state index contributed by atoms with van der Waals surface area (Å²) in [6.07, 6.45) is -0.413. The number of hydrogen-bond donors (Lipinski definition) is 1. The van der Waals surface area contributed by atoms with Crippen LogP contribution in [0.15, 0.2) is 0 Å². The molecule has 122 valence electrons. The largest absolute Gasteiger partial charge is 0.469 e. The quantitative estimate of drug-likeness (QED) is 0.770. The van der Waals surface area contributed by atoms with Gasteiger partial charge in [0.25, 0.3) is 0 Å². The van der Waals surface area contributed by atoms with Gasteiger partial charge in [-0.1, -0.05) is 0 Å². The highest BCUT2D eigenvalue weighted by atomic mass is 32.2. The molecule has 0 bridgehead atoms. The molecule has 1 N–H and O–H groups in total. The van der Waals surface area contributed by atoms with Gasteiger partial charge in [0.05, 0.1) is 24.5 Å². The van der Waals surface area contributed by atoms with E-state index >= 15 is 0 Å². The Balaban J connectivity index is 2.66. The van der Waals surface area contributed by atoms with Gasteiger partial charge in [-0.15, -0.1) is 0 Å². The maximum Gasteiger partial charge on any atom is 0.407 e. The number of amides is 1. The number of rotatable bonds is 3. The molecule has 1 saturated heterocycles. The SMILES string of the molecule is COC(=O)[C@H]1CCS(=O)(=O)C[C@H]1CNC(=O)OC(C)(C)C. The Bertz CT molecular complexity index is 493. The maximum absolute atomic E-state index is 11.7. The van der Waals surface area contributed by atoms with Gasteiger partial charge in [0.15, 0.2) is 9.84 Å². The minimum Gasteiger partial charge on any atom is -0.469 e. The maximum atomic E-state index is 11.7. The number of sulfone groups is 1. The van der Waals surface area contributed by atoms with Crippen molar-refractivity contribution in [3.05, 3.63) is 0 Å². The summed E-state index contributed by atoms with van der Waals surface area (Å²) in [4.78, 5) is 23.3. The Labute approximate surface area is 125 Å². The summed E-state index contributed by atoms with van der Waals surface area (Å²) in [7, 11) is -1.92. The standard InChI is InChI=1S/C13H23NO6S/c1-13(2,3)20-12(16)14-7-9-8-21(17,18)6-5-10(9)11(15)19-4/h9-10H,5-8H2,1-4H3,(H,14,16)/t9-,10+/m1/s1. The molecule has 0 radical (unpaired) electrons. The lowest BCUT2D eigenvalue weighted by Gasteiger charge is -2.29. The van der Waals surface area contributed by atoms with E-state index in [1.807, 2.05) is 0 Å². The third kappa shape index (κ3) is 5.91. The zero-order valence-electron chi connectivity index (χ0n) is 12.8. The highest BCUT2D eigenvalue weighted by Gasteiger charge is 2.38. The molecule has 1 heterocycles. The fraction of sp³-hybridized carbons (Fsp3) is 0.846. The third-order valence-electron chi connectivity index (χ3n) is 3.19. The second-order valence-electron chi connectivity index (χ2n) is 6.18. The predicted molar refractivity (Wildman–Crippen MR) is 76.5 cm³/mol. The van der Waals surface area contributed by atoms with E-state index in [4.69, 9.17) is 9.47 Å². The van der Waals surface area contributed by atoms with Gasteiger partial charge in [0.2, 0.25) is 0 Å². The van der Waals surface area contributed by atoms with Crippen LogP contribution in [-0.4, -0.2) is 51.2 Å². The van der Waals surface area contributed by atoms with Gasteiger partial charge in [0, 0.05) is 12.5 Å². The van der Waals surface area contributed by atoms with Crippen molar-refractivity contribution < 1.29 is 27.5 Å². The van der Waals surface area contributed by atoms with E-state index in [1.54, 1.807) is 20.8 Å². The van der Waals surface area contributed by atoms with E-state index in [0.717, 1.165) is 0 Å². The first kappa shape index (κ1) is 17.7. The zero-order valence-corrected chi connectivity index (χ0v) is 13.7. The number of nitrogens with one attached hydrogen (secondary N) is 1. The highest BCUT2D eigenvalue weighted by molar-refractivity contribution is 7.91. The number of methoxy groups -OCH3 is 1. The summed E-state index contributed by atoms with van der Waals surface area (Å²) in [5, 5.41) is 2.52. The number of ether oxygens (including phenoxy) is 2. The molecule has 0 saturated carbocycles. The van der Waals surface area contributed by atoms with Crippen LogP contribution in [0.2, 0.25) is 0 Å². The normalized spacial score (nSPS) is 25.0. The molecule has 0 unspecified atom stereocenters. The lowest BCUT2D eigenvalue weighted by molar-refractivity contribution is -0.147. The number of hydrogen-bond acceptors (Lipinski definition) is 6. The fourth-order valence-electron chi connectivity index (χ4n) is 2.26. The van der Waals surface area contributed by atoms with E-state index in [2.05, 4.69) is 5.32 Å². The topological polar surface area (TPSA) is 98.8 Å². The van der Waals surface area contributed by atoms with Crippen LogP contribution >= 0.6 is 0 Å². The minimum atomic E-state index is -3.19. The average Bonchev–Trinajstić information content (AvgIpc) is 2.32. The molecule has 1 aliphatic rings. The van der Waals surface area contributed by atoms with Crippen LogP contribution in [0.5, 0.6) is 0 Å². The van der Waals surface area contributed by atoms with Gasteiger partial charge in [-0.3, -0.25) is 4.79 Å². The van der Waals surface area contributed by atoms with Crippen LogP contribution in [0.25, 0.3) is 0 Å². The lowest BCUT2D eigenvalue weighted by Crippen LogP contribution is -2.44. The van der Waals surface area contributed by atoms with Crippen LogP contribution in [0.3, 0.4) is 0 Å². The van der Waals surface area contributed by atoms with Crippen LogP contribution in [-0.2, 0) is 24.1 Å². The molecular formula is C13H23NO6S. The van der Waals surface area contributed by atoms with Gasteiger partial charge in [0.1, 0.15) is 5.60 Å². The van der Waals surface area contributed by atoms with Crippen LogP contribution in [0, 0.1) is 11.8 Å². The molecule has 1 amide bonds. The first-order valence-corrected chi connectivity index (χ1v) is 8.61. The molecule has 7 nitrogen and oxygen atoms in total. The Kier molecular flexibility index (Phi) is 5.61. The molecule has 1 fully saturated rings. The summed E-state index contributed by atoms with van der Waals surface area (Å²) >= 11 is 0. The van der Waals surface area contributed by atoms with Gasteiger partial charge >= 0.3 is 12.1 Å². The molecule has 21 heavy (non-hydrogen) atoms. The average molecular weight is 321 g/mol. The summed E-state index contributed by atoms with van der Waals surface area (Å²) in [5.74, 6) is -1.63. The summed E-state index contributed by atoms with van der Waals surface area (Å²) in [6, 6.07) is 0. The Morgan fingerprint density at radius 1 is 1.29 bits per heavy atom. The molecule has 2 atom stereocenters. The second-order valence-corrected chi connectivity index (χ2v) is 8.40. The monoisotopic (exact) mass is 321 g/mol. The Hall–Kier alpha value is -1.31. The van der Waals surface area contributed by atoms with Crippen LogP contribution < -0.4 is 5.32 Å². The van der Waals surface area contributed by atoms with E-state index < -0.39 is 39.3 Å². The minimum absolute atomic E-state index is 0.0320. The third-order valence-corrected chi connectivity index (χ3v) is 4.98. The van der Waals surface area contributed by atoms with Crippen molar-refractivity contribution in [3.8, 4) is 0 Å². The smallest absolute Gasteiger partial charge is 0.407 e. The molecule has 0 aliphatic carbocycles. The van der Waals surface area contributed by atoms with E-state index in [0.29, 0.717) is 0 Å². The highest BCUT2D eigenvalue weighted by Crippen LogP contribution is 2.26. The van der Waals surface area contributed by atoms with Crippen molar-refractivity contribution in [2.45, 2.75) is 32.8 Å². The first-order valence-electron chi connectivity index (χ1n) is 6.79. The van der Waals surface area contributed by atoms with Gasteiger partial charge < -0.3 is 14.8 Å². The molecule has 0 aromatic heterocycles. The number of alkyl carbamates (subject to hydrolysis) is 1. The van der Waals surface area contributed by atoms with Gasteiger partial charge in [-0.2, -0.15) is 0 Å². The first-order chi connectivity index (χ1) is 9.54. The predicted octanol–water partition coefficient (Wildman–Crippen LogP) is 0.735. The van der Waals surface area contributed by atoms with E-state index in [9.17, 15) is 18.0 Å². The van der Waals surface area contributed by atoms with Crippen LogP contribution in [0.1, 0.15) is 27.2 Å². The number of esters is 1. The molecule has 1 rings (SSSR count). The van der Waals surface area contributed by atoms with E-state index in [-0.39, 0.29) is 24.5 Å². The van der Waals surface area contributed by atoms with Crippen molar-refractivity contribution in [1.29, 1.82) is 0 Å². The van der Waals surface area contributed by atoms with Crippen molar-refractivity contribution in [2.75, 3.05) is 25.2 Å². The summed E-state index contributed by atoms with van der Waals surface area (Å²) in [6.45, 7) is 5.26. The number of carbonyl (C=O) groups excluding carboxylic acids is 2. The molecular weight excluding hydrogens is 298 g/mol. The van der Waals surface area contributed by atoms with Gasteiger partial charge in [-0.05, 0) is 27.2 Å². The Morgan fingerprint density at radius 2 is 1.90 bits per heavy atom. The van der Waals surface area contributed by atoms with Crippen molar-refractivity contribution in [3.63, 3.8) is 0 Å². The molecule has 0 aromatic rings. The second kappa shape index (κ2) is 6.64. The van der Waals surface area contributed by atoms with Crippen molar-refractivity contribution in [1.82, 2.24) is 5.32 Å². The van der Waals surface area contributed by atoms with Gasteiger partial charge in [-0.25, -0.2) is 13.2 Å².